The highest BCUT2D eigenvalue weighted by Crippen LogP contribution is 2.48. The fraction of sp³-hybridized carbons (Fsp3) is 0.0625. The van der Waals surface area contributed by atoms with Crippen molar-refractivity contribution in [3.8, 4) is 11.1 Å². The SMILES string of the molecule is C1=CC([Si](c2ccccc2)c2ccccc2)=CC=C(C2c3ccccc3-c3ccccc32)C1. The molecule has 0 fully saturated rings. The molecule has 1 radical (unpaired) electrons. The Morgan fingerprint density at radius 3 is 1.64 bits per heavy atom. The van der Waals surface area contributed by atoms with E-state index in [-0.39, 0.29) is 0 Å². The van der Waals surface area contributed by atoms with E-state index >= 15 is 0 Å². The molecular weight excluding hydrogens is 412 g/mol. The number of fused-ring (bicyclic) bond motifs is 3. The second-order valence-corrected chi connectivity index (χ2v) is 11.2. The van der Waals surface area contributed by atoms with Crippen LogP contribution in [0.25, 0.3) is 11.1 Å². The molecule has 4 aromatic rings. The monoisotopic (exact) mass is 437 g/mol. The van der Waals surface area contributed by atoms with Crippen molar-refractivity contribution < 1.29 is 0 Å². The zero-order valence-electron chi connectivity index (χ0n) is 18.5. The van der Waals surface area contributed by atoms with Crippen LogP contribution in [0.1, 0.15) is 23.5 Å². The van der Waals surface area contributed by atoms with E-state index in [0.29, 0.717) is 5.92 Å². The Hall–Kier alpha value is -3.68. The molecule has 2 aliphatic carbocycles. The van der Waals surface area contributed by atoms with E-state index in [2.05, 4.69) is 133 Å². The van der Waals surface area contributed by atoms with Gasteiger partial charge in [-0.25, -0.2) is 0 Å². The highest BCUT2D eigenvalue weighted by Gasteiger charge is 2.30. The second kappa shape index (κ2) is 8.69. The van der Waals surface area contributed by atoms with E-state index < -0.39 is 8.80 Å². The predicted molar refractivity (Wildman–Crippen MR) is 142 cm³/mol. The van der Waals surface area contributed by atoms with Gasteiger partial charge in [0, 0.05) is 5.92 Å². The number of benzene rings is 4. The highest BCUT2D eigenvalue weighted by atomic mass is 28.3. The van der Waals surface area contributed by atoms with E-state index in [1.165, 1.54) is 43.4 Å². The van der Waals surface area contributed by atoms with Crippen LogP contribution in [0.15, 0.2) is 144 Å². The molecule has 1 heteroatoms. The maximum absolute atomic E-state index is 2.41. The lowest BCUT2D eigenvalue weighted by Gasteiger charge is -2.17. The van der Waals surface area contributed by atoms with Crippen molar-refractivity contribution in [3.05, 3.63) is 155 Å². The Labute approximate surface area is 197 Å². The topological polar surface area (TPSA) is 0 Å². The highest BCUT2D eigenvalue weighted by molar-refractivity contribution is 6.91. The van der Waals surface area contributed by atoms with Crippen molar-refractivity contribution in [2.24, 2.45) is 0 Å². The standard InChI is InChI=1S/C32H25Si/c1-3-13-25(14-4-1)33(26-15-5-2-6-16-26)27-17-11-12-24(22-23-27)32-30-20-9-7-18-28(30)29-19-8-10-21-31(29)32/h1-11,13-23,32H,12H2. The molecule has 0 N–H and O–H groups in total. The summed E-state index contributed by atoms with van der Waals surface area (Å²) < 4.78 is 0. The van der Waals surface area contributed by atoms with Crippen molar-refractivity contribution in [1.82, 2.24) is 0 Å². The molecule has 2 aliphatic rings. The summed E-state index contributed by atoms with van der Waals surface area (Å²) in [6, 6.07) is 39.9. The van der Waals surface area contributed by atoms with Crippen LogP contribution < -0.4 is 10.4 Å². The first-order valence-electron chi connectivity index (χ1n) is 11.6. The molecule has 33 heavy (non-hydrogen) atoms. The summed E-state index contributed by atoms with van der Waals surface area (Å²) in [5.41, 5.74) is 7.12. The molecule has 6 rings (SSSR count). The molecule has 0 saturated heterocycles. The van der Waals surface area contributed by atoms with Gasteiger partial charge in [-0.15, -0.1) is 0 Å². The largest absolute Gasteiger partial charge is 0.154 e. The van der Waals surface area contributed by atoms with Gasteiger partial charge in [-0.2, -0.15) is 0 Å². The Morgan fingerprint density at radius 2 is 1.06 bits per heavy atom. The lowest BCUT2D eigenvalue weighted by atomic mass is 9.87. The summed E-state index contributed by atoms with van der Waals surface area (Å²) in [7, 11) is -1.06. The number of allylic oxidation sites excluding steroid dienone is 6. The maximum atomic E-state index is 2.41. The molecule has 0 aliphatic heterocycles. The van der Waals surface area contributed by atoms with Crippen molar-refractivity contribution >= 4 is 19.2 Å². The zero-order chi connectivity index (χ0) is 22.0. The first-order valence-corrected chi connectivity index (χ1v) is 13.1. The number of hydrogen-bond acceptors (Lipinski definition) is 0. The third kappa shape index (κ3) is 3.65. The van der Waals surface area contributed by atoms with Crippen LogP contribution in [0, 0.1) is 0 Å². The van der Waals surface area contributed by atoms with Crippen molar-refractivity contribution in [2.45, 2.75) is 12.3 Å². The van der Waals surface area contributed by atoms with Crippen molar-refractivity contribution in [3.63, 3.8) is 0 Å². The summed E-state index contributed by atoms with van der Waals surface area (Å²) in [5, 5.41) is 4.29. The zero-order valence-corrected chi connectivity index (χ0v) is 19.5. The van der Waals surface area contributed by atoms with Crippen LogP contribution in [-0.2, 0) is 0 Å². The second-order valence-electron chi connectivity index (χ2n) is 8.68. The molecule has 0 nitrogen and oxygen atoms in total. The third-order valence-electron chi connectivity index (χ3n) is 6.75. The smallest absolute Gasteiger partial charge is 0.0805 e. The Bertz CT molecular complexity index is 1290. The Morgan fingerprint density at radius 1 is 0.545 bits per heavy atom. The van der Waals surface area contributed by atoms with Gasteiger partial charge in [-0.1, -0.05) is 155 Å². The van der Waals surface area contributed by atoms with Crippen molar-refractivity contribution in [1.29, 1.82) is 0 Å². The van der Waals surface area contributed by atoms with Gasteiger partial charge in [0.05, 0.1) is 0 Å². The maximum Gasteiger partial charge on any atom is 0.154 e. The summed E-state index contributed by atoms with van der Waals surface area (Å²) in [6.07, 6.45) is 10.5. The molecule has 0 saturated carbocycles. The first-order chi connectivity index (χ1) is 16.4. The molecule has 4 aromatic carbocycles. The van der Waals surface area contributed by atoms with Gasteiger partial charge >= 0.3 is 0 Å². The molecule has 0 bridgehead atoms. The fourth-order valence-corrected chi connectivity index (χ4v) is 7.87. The summed E-state index contributed by atoms with van der Waals surface area (Å²) in [6.45, 7) is 0. The summed E-state index contributed by atoms with van der Waals surface area (Å²) in [5.74, 6) is 0.335. The summed E-state index contributed by atoms with van der Waals surface area (Å²) in [4.78, 5) is 0. The minimum atomic E-state index is -1.06. The Kier molecular flexibility index (Phi) is 5.26. The van der Waals surface area contributed by atoms with Crippen molar-refractivity contribution in [2.75, 3.05) is 0 Å². The quantitative estimate of drug-likeness (QED) is 0.321. The molecule has 0 aromatic heterocycles. The van der Waals surface area contributed by atoms with Gasteiger partial charge < -0.3 is 0 Å². The van der Waals surface area contributed by atoms with Crippen LogP contribution in [0.3, 0.4) is 0 Å². The van der Waals surface area contributed by atoms with Crippen LogP contribution >= 0.6 is 0 Å². The normalized spacial score (nSPS) is 14.9. The average Bonchev–Trinajstić information content (AvgIpc) is 3.03. The first kappa shape index (κ1) is 20.0. The third-order valence-corrected chi connectivity index (χ3v) is 9.48. The van der Waals surface area contributed by atoms with E-state index in [1.54, 1.807) is 0 Å². The van der Waals surface area contributed by atoms with Gasteiger partial charge in [0.1, 0.15) is 0 Å². The van der Waals surface area contributed by atoms with Gasteiger partial charge in [-0.3, -0.25) is 0 Å². The minimum Gasteiger partial charge on any atom is -0.0805 e. The molecule has 0 spiro atoms. The van der Waals surface area contributed by atoms with Crippen LogP contribution in [0.5, 0.6) is 0 Å². The number of rotatable bonds is 4. The van der Waals surface area contributed by atoms with Crippen LogP contribution in [0.2, 0.25) is 0 Å². The van der Waals surface area contributed by atoms with Gasteiger partial charge in [0.15, 0.2) is 8.80 Å². The fourth-order valence-electron chi connectivity index (χ4n) is 5.29. The van der Waals surface area contributed by atoms with E-state index in [4.69, 9.17) is 0 Å². The lowest BCUT2D eigenvalue weighted by molar-refractivity contribution is 0.937. The number of hydrogen-bond donors (Lipinski definition) is 0. The lowest BCUT2D eigenvalue weighted by Crippen LogP contribution is -2.43. The van der Waals surface area contributed by atoms with Crippen LogP contribution in [0.4, 0.5) is 0 Å². The summed E-state index contributed by atoms with van der Waals surface area (Å²) >= 11 is 0. The molecule has 0 atom stereocenters. The minimum absolute atomic E-state index is 0.335. The van der Waals surface area contributed by atoms with E-state index in [0.717, 1.165) is 6.42 Å². The van der Waals surface area contributed by atoms with Gasteiger partial charge in [-0.05, 0) is 28.7 Å². The molecular formula is C32H25Si. The average molecular weight is 438 g/mol. The van der Waals surface area contributed by atoms with Gasteiger partial charge in [0.25, 0.3) is 0 Å². The predicted octanol–water partition coefficient (Wildman–Crippen LogP) is 6.46. The molecule has 0 unspecified atom stereocenters. The van der Waals surface area contributed by atoms with Crippen LogP contribution in [-0.4, -0.2) is 8.80 Å². The molecule has 157 valence electrons. The van der Waals surface area contributed by atoms with E-state index in [1.807, 2.05) is 0 Å². The Balaban J connectivity index is 1.45. The molecule has 0 amide bonds. The van der Waals surface area contributed by atoms with Gasteiger partial charge in [0.2, 0.25) is 0 Å². The molecule has 0 heterocycles. The van der Waals surface area contributed by atoms with E-state index in [9.17, 15) is 0 Å².